The van der Waals surface area contributed by atoms with Gasteiger partial charge in [-0.05, 0) is 99.8 Å². The number of esters is 2. The molecule has 0 spiro atoms. The topological polar surface area (TPSA) is 175 Å². The zero-order valence-corrected chi connectivity index (χ0v) is 50.2. The van der Waals surface area contributed by atoms with Crippen molar-refractivity contribution in [3.8, 4) is 0 Å². The molecule has 0 aliphatic heterocycles. The van der Waals surface area contributed by atoms with Crippen LogP contribution in [-0.2, 0) is 49.1 Å². The normalized spacial score (nSPS) is 15.1. The first-order valence-electron chi connectivity index (χ1n) is 25.7. The number of hydrogen-bond acceptors (Lipinski definition) is 10. The van der Waals surface area contributed by atoms with Crippen LogP contribution in [0.15, 0.2) is 71.8 Å². The minimum absolute atomic E-state index is 0.0311. The molecule has 0 radical (unpaired) electrons. The van der Waals surface area contributed by atoms with Gasteiger partial charge in [-0.1, -0.05) is 157 Å². The first-order valence-corrected chi connectivity index (χ1v) is 26.4. The van der Waals surface area contributed by atoms with E-state index in [-0.39, 0.29) is 60.8 Å². The molecule has 14 nitrogen and oxygen atoms in total. The first-order chi connectivity index (χ1) is 34.0. The number of benzene rings is 2. The molecule has 0 heterocycles. The summed E-state index contributed by atoms with van der Waals surface area (Å²) in [5.41, 5.74) is 0.480. The van der Waals surface area contributed by atoms with E-state index in [1.54, 1.807) is 102 Å². The van der Waals surface area contributed by atoms with Crippen molar-refractivity contribution >= 4 is 58.8 Å². The third-order valence-corrected chi connectivity index (χ3v) is 14.0. The Hall–Kier alpha value is -4.76. The summed E-state index contributed by atoms with van der Waals surface area (Å²) in [5, 5.41) is 13.6. The van der Waals surface area contributed by atoms with Crippen LogP contribution in [0, 0.1) is 22.7 Å². The molecule has 0 aliphatic carbocycles. The highest BCUT2D eigenvalue weighted by molar-refractivity contribution is 6.30. The molecule has 2 aromatic rings. The second kappa shape index (κ2) is 28.9. The molecule has 0 aliphatic rings. The molecule has 6 atom stereocenters. The van der Waals surface area contributed by atoms with Crippen LogP contribution in [0.4, 0.5) is 0 Å². The fourth-order valence-electron chi connectivity index (χ4n) is 8.82. The lowest BCUT2D eigenvalue weighted by molar-refractivity contribution is -0.141. The first kappa shape index (κ1) is 67.3. The van der Waals surface area contributed by atoms with Gasteiger partial charge >= 0.3 is 11.9 Å². The largest absolute Gasteiger partial charge is 0.463 e. The average Bonchev–Trinajstić information content (AvgIpc) is 3.29. The molecule has 416 valence electrons. The van der Waals surface area contributed by atoms with Gasteiger partial charge in [-0.3, -0.25) is 19.2 Å². The quantitative estimate of drug-likeness (QED) is 0.0657. The Balaban J connectivity index is 0.000000740. The zero-order valence-electron chi connectivity index (χ0n) is 48.7. The predicted octanol–water partition coefficient (Wildman–Crippen LogP) is 9.46. The van der Waals surface area contributed by atoms with Crippen molar-refractivity contribution in [1.82, 2.24) is 31.1 Å². The van der Waals surface area contributed by atoms with Crippen molar-refractivity contribution in [3.05, 3.63) is 93.0 Å². The van der Waals surface area contributed by atoms with Gasteiger partial charge in [-0.15, -0.1) is 0 Å². The van der Waals surface area contributed by atoms with Crippen molar-refractivity contribution in [2.24, 2.45) is 22.7 Å². The number of amides is 4. The maximum absolute atomic E-state index is 13.8. The van der Waals surface area contributed by atoms with E-state index in [1.807, 2.05) is 121 Å². The highest BCUT2D eigenvalue weighted by Crippen LogP contribution is 2.32. The number of ether oxygens (including phenoxy) is 2. The molecule has 4 amide bonds. The molecular formula is C58H92Cl2N6O8. The van der Waals surface area contributed by atoms with Gasteiger partial charge in [0.2, 0.25) is 23.6 Å². The predicted molar refractivity (Wildman–Crippen MR) is 301 cm³/mol. The maximum atomic E-state index is 13.8. The summed E-state index contributed by atoms with van der Waals surface area (Å²) in [4.78, 5) is 82.6. The Bertz CT molecular complexity index is 2090. The number of nitrogens with one attached hydrogen (secondary N) is 4. The summed E-state index contributed by atoms with van der Waals surface area (Å²) in [6.07, 6.45) is 3.53. The lowest BCUT2D eigenvalue weighted by atomic mass is 9.76. The van der Waals surface area contributed by atoms with Gasteiger partial charge in [-0.2, -0.15) is 0 Å². The molecular weight excluding hydrogens is 980 g/mol. The summed E-state index contributed by atoms with van der Waals surface area (Å²) in [6.45, 7) is 34.8. The van der Waals surface area contributed by atoms with E-state index < -0.39 is 57.8 Å². The van der Waals surface area contributed by atoms with Crippen LogP contribution in [0.5, 0.6) is 0 Å². The SMILES string of the molecule is CCOC(=O)/C(C)=C/[C@H](C(C)C)N(C)C(=O)C(NC(=O)[C@@H](NC)C(C)(C)c1ccc(Cl)cc1)C(C)(C)C.CCOC(=O)/C(C)=C/[C@H](C(C)C)N(C)C(=O)C(NC(=O)[C@H](NC)C(C)(C)c1ccc(Cl)cc1)C(C)(C)C. The zero-order chi connectivity index (χ0) is 57.4. The van der Waals surface area contributed by atoms with E-state index in [0.717, 1.165) is 11.1 Å². The van der Waals surface area contributed by atoms with Crippen LogP contribution in [0.1, 0.15) is 136 Å². The van der Waals surface area contributed by atoms with Gasteiger partial charge in [0.05, 0.1) is 37.4 Å². The molecule has 0 saturated carbocycles. The van der Waals surface area contributed by atoms with E-state index in [4.69, 9.17) is 32.7 Å². The summed E-state index contributed by atoms with van der Waals surface area (Å²) in [6, 6.07) is 11.3. The van der Waals surface area contributed by atoms with Gasteiger partial charge in [0.25, 0.3) is 0 Å². The van der Waals surface area contributed by atoms with Crippen molar-refractivity contribution in [2.45, 2.75) is 172 Å². The molecule has 0 aromatic heterocycles. The molecule has 2 unspecified atom stereocenters. The third kappa shape index (κ3) is 18.8. The second-order valence-electron chi connectivity index (χ2n) is 23.0. The van der Waals surface area contributed by atoms with E-state index in [9.17, 15) is 28.8 Å². The molecule has 74 heavy (non-hydrogen) atoms. The number of carbonyl (C=O) groups excluding carboxylic acids is 6. The summed E-state index contributed by atoms with van der Waals surface area (Å²) < 4.78 is 10.2. The molecule has 2 aromatic carbocycles. The Kier molecular flexibility index (Phi) is 26.3. The maximum Gasteiger partial charge on any atom is 0.333 e. The summed E-state index contributed by atoms with van der Waals surface area (Å²) in [5.74, 6) is -1.76. The van der Waals surface area contributed by atoms with Gasteiger partial charge in [-0.25, -0.2) is 9.59 Å². The number of nitrogens with zero attached hydrogens (tertiary/aromatic N) is 2. The molecule has 0 fully saturated rings. The highest BCUT2D eigenvalue weighted by Gasteiger charge is 2.43. The van der Waals surface area contributed by atoms with Crippen molar-refractivity contribution in [1.29, 1.82) is 0 Å². The Morgan fingerprint density at radius 3 is 1.01 bits per heavy atom. The summed E-state index contributed by atoms with van der Waals surface area (Å²) >= 11 is 12.1. The minimum Gasteiger partial charge on any atom is -0.463 e. The monoisotopic (exact) mass is 1070 g/mol. The molecule has 0 bridgehead atoms. The number of likely N-dealkylation sites (N-methyl/N-ethyl adjacent to an activating group) is 4. The Morgan fingerprint density at radius 2 is 0.797 bits per heavy atom. The molecule has 4 N–H and O–H groups in total. The second-order valence-corrected chi connectivity index (χ2v) is 23.9. The summed E-state index contributed by atoms with van der Waals surface area (Å²) in [7, 11) is 6.89. The molecule has 0 saturated heterocycles. The fourth-order valence-corrected chi connectivity index (χ4v) is 9.07. The van der Waals surface area contributed by atoms with Crippen LogP contribution in [0.2, 0.25) is 10.0 Å². The highest BCUT2D eigenvalue weighted by atomic mass is 35.5. The molecule has 16 heteroatoms. The Labute approximate surface area is 454 Å². The number of carbonyl (C=O) groups is 6. The number of halogens is 2. The van der Waals surface area contributed by atoms with Gasteiger partial charge in [0, 0.05) is 46.1 Å². The third-order valence-electron chi connectivity index (χ3n) is 13.5. The smallest absolute Gasteiger partial charge is 0.333 e. The number of hydrogen-bond donors (Lipinski definition) is 4. The minimum atomic E-state index is -0.792. The van der Waals surface area contributed by atoms with Crippen LogP contribution >= 0.6 is 23.2 Å². The van der Waals surface area contributed by atoms with Crippen molar-refractivity contribution in [2.75, 3.05) is 41.4 Å². The molecule has 2 rings (SSSR count). The van der Waals surface area contributed by atoms with Crippen LogP contribution in [0.3, 0.4) is 0 Å². The lowest BCUT2D eigenvalue weighted by Crippen LogP contribution is -2.61. The van der Waals surface area contributed by atoms with E-state index in [2.05, 4.69) is 21.3 Å². The average molecular weight is 1070 g/mol. The van der Waals surface area contributed by atoms with Gasteiger partial charge in [0.1, 0.15) is 12.1 Å². The number of rotatable bonds is 22. The van der Waals surface area contributed by atoms with Gasteiger partial charge in [0.15, 0.2) is 0 Å². The van der Waals surface area contributed by atoms with Crippen LogP contribution in [0.25, 0.3) is 0 Å². The van der Waals surface area contributed by atoms with E-state index in [0.29, 0.717) is 21.2 Å². The van der Waals surface area contributed by atoms with E-state index in [1.165, 1.54) is 0 Å². The lowest BCUT2D eigenvalue weighted by Gasteiger charge is -2.40. The van der Waals surface area contributed by atoms with Crippen LogP contribution < -0.4 is 21.3 Å². The standard InChI is InChI=1S/2C29H46ClN3O4/c2*1-12-37-27(36)19(4)17-22(18(2)3)33(11)26(35)24(28(5,6)7)32-25(34)23(31-10)29(8,9)20-13-15-21(30)16-14-20/h2*13-18,22-24,31H,12H2,1-11H3,(H,32,34)/b2*19-17+/t22-,23+,24?;22-,23-,24?/m11/s1. The fraction of sp³-hybridized carbons (Fsp3) is 0.621. The van der Waals surface area contributed by atoms with E-state index >= 15 is 0 Å². The van der Waals surface area contributed by atoms with Crippen LogP contribution in [-0.4, -0.2) is 123 Å². The van der Waals surface area contributed by atoms with Crippen molar-refractivity contribution < 1.29 is 38.2 Å². The Morgan fingerprint density at radius 1 is 0.527 bits per heavy atom. The van der Waals surface area contributed by atoms with Crippen molar-refractivity contribution in [3.63, 3.8) is 0 Å². The van der Waals surface area contributed by atoms with Gasteiger partial charge < -0.3 is 40.5 Å².